The van der Waals surface area contributed by atoms with Crippen LogP contribution >= 0.6 is 0 Å². The van der Waals surface area contributed by atoms with E-state index >= 15 is 0 Å². The van der Waals surface area contributed by atoms with E-state index in [-0.39, 0.29) is 0 Å². The van der Waals surface area contributed by atoms with E-state index in [1.165, 1.54) is 6.26 Å². The molecule has 82 valence electrons. The van der Waals surface area contributed by atoms with Gasteiger partial charge >= 0.3 is 0 Å². The van der Waals surface area contributed by atoms with E-state index in [0.29, 0.717) is 4.90 Å². The van der Waals surface area contributed by atoms with E-state index in [0.717, 1.165) is 11.1 Å². The van der Waals surface area contributed by atoms with Gasteiger partial charge in [-0.2, -0.15) is 0 Å². The van der Waals surface area contributed by atoms with Gasteiger partial charge < -0.3 is 0 Å². The Morgan fingerprint density at radius 2 is 1.50 bits per heavy atom. The van der Waals surface area contributed by atoms with Crippen molar-refractivity contribution in [1.29, 1.82) is 4.78 Å². The third-order valence-corrected chi connectivity index (χ3v) is 3.59. The summed E-state index contributed by atoms with van der Waals surface area (Å²) in [7, 11) is -2.68. The van der Waals surface area contributed by atoms with Crippen molar-refractivity contribution in [1.82, 2.24) is 0 Å². The van der Waals surface area contributed by atoms with Crippen LogP contribution < -0.4 is 0 Å². The van der Waals surface area contributed by atoms with Crippen LogP contribution in [0.4, 0.5) is 0 Å². The molecule has 0 spiro atoms. The minimum Gasteiger partial charge on any atom is -0.249 e. The predicted octanol–water partition coefficient (Wildman–Crippen LogP) is 3.39. The second kappa shape index (κ2) is 4.10. The molecule has 2 rings (SSSR count). The second-order valence-corrected chi connectivity index (χ2v) is 5.83. The van der Waals surface area contributed by atoms with Gasteiger partial charge in [0.1, 0.15) is 0 Å². The molecular formula is C13H13NOS. The molecule has 1 unspecified atom stereocenters. The molecule has 16 heavy (non-hydrogen) atoms. The molecule has 0 radical (unpaired) electrons. The molecule has 2 aromatic carbocycles. The lowest BCUT2D eigenvalue weighted by molar-refractivity contribution is 0.679. The fraction of sp³-hybridized carbons (Fsp3) is 0.0769. The number of benzene rings is 2. The van der Waals surface area contributed by atoms with E-state index in [1.807, 2.05) is 48.5 Å². The summed E-state index contributed by atoms with van der Waals surface area (Å²) in [5, 5.41) is 0. The molecule has 1 atom stereocenters. The number of hydrogen-bond donors (Lipinski definition) is 1. The van der Waals surface area contributed by atoms with Gasteiger partial charge in [-0.25, -0.2) is 8.99 Å². The molecule has 0 aromatic heterocycles. The maximum Gasteiger partial charge on any atom is 0.0703 e. The molecule has 2 aromatic rings. The Balaban J connectivity index is 2.68. The monoisotopic (exact) mass is 231 g/mol. The van der Waals surface area contributed by atoms with E-state index in [1.54, 1.807) is 6.07 Å². The van der Waals surface area contributed by atoms with E-state index in [2.05, 4.69) is 0 Å². The van der Waals surface area contributed by atoms with Crippen LogP contribution in [-0.4, -0.2) is 10.5 Å². The zero-order valence-electron chi connectivity index (χ0n) is 9.01. The highest BCUT2D eigenvalue weighted by Gasteiger charge is 2.10. The number of rotatable bonds is 2. The number of nitrogens with one attached hydrogen (secondary N) is 1. The van der Waals surface area contributed by atoms with Gasteiger partial charge in [0.2, 0.25) is 0 Å². The lowest BCUT2D eigenvalue weighted by atomic mass is 10.1. The Labute approximate surface area is 95.9 Å². The Kier molecular flexibility index (Phi) is 2.79. The summed E-state index contributed by atoms with van der Waals surface area (Å²) in [6, 6.07) is 17.1. The van der Waals surface area contributed by atoms with E-state index < -0.39 is 9.73 Å². The molecule has 0 aliphatic heterocycles. The van der Waals surface area contributed by atoms with Crippen molar-refractivity contribution < 1.29 is 4.21 Å². The molecule has 0 aliphatic carbocycles. The molecule has 0 saturated heterocycles. The predicted molar refractivity (Wildman–Crippen MR) is 66.9 cm³/mol. The Morgan fingerprint density at radius 3 is 2.12 bits per heavy atom. The van der Waals surface area contributed by atoms with Crippen molar-refractivity contribution in [3.8, 4) is 11.1 Å². The molecular weight excluding hydrogens is 218 g/mol. The van der Waals surface area contributed by atoms with Gasteiger partial charge in [0.05, 0.1) is 14.6 Å². The molecule has 0 saturated carbocycles. The summed E-state index contributed by atoms with van der Waals surface area (Å²) < 4.78 is 19.5. The highest BCUT2D eigenvalue weighted by atomic mass is 32.2. The van der Waals surface area contributed by atoms with Crippen LogP contribution in [0.25, 0.3) is 11.1 Å². The van der Waals surface area contributed by atoms with Crippen molar-refractivity contribution in [2.75, 3.05) is 6.26 Å². The Bertz CT molecular complexity index is 588. The van der Waals surface area contributed by atoms with Crippen molar-refractivity contribution in [2.24, 2.45) is 0 Å². The molecule has 2 nitrogen and oxygen atoms in total. The summed E-state index contributed by atoms with van der Waals surface area (Å²) in [5.74, 6) is 0. The summed E-state index contributed by atoms with van der Waals surface area (Å²) >= 11 is 0. The standard InChI is InChI=1S/C13H13NOS/c1-16(14,15)13-10-6-5-9-12(13)11-7-3-2-4-8-11/h2-10,14H,1H3. The first-order valence-corrected chi connectivity index (χ1v) is 6.94. The quantitative estimate of drug-likeness (QED) is 0.845. The summed E-state index contributed by atoms with van der Waals surface area (Å²) in [6.07, 6.45) is 1.45. The summed E-state index contributed by atoms with van der Waals surface area (Å²) in [5.41, 5.74) is 1.88. The maximum atomic E-state index is 11.8. The summed E-state index contributed by atoms with van der Waals surface area (Å²) in [4.78, 5) is 0.598. The average molecular weight is 231 g/mol. The van der Waals surface area contributed by atoms with Crippen molar-refractivity contribution in [3.05, 3.63) is 54.6 Å². The zero-order valence-corrected chi connectivity index (χ0v) is 9.83. The van der Waals surface area contributed by atoms with Gasteiger partial charge in [-0.1, -0.05) is 48.5 Å². The van der Waals surface area contributed by atoms with Crippen LogP contribution in [0.1, 0.15) is 0 Å². The van der Waals surface area contributed by atoms with Gasteiger partial charge in [0.15, 0.2) is 0 Å². The smallest absolute Gasteiger partial charge is 0.0703 e. The zero-order chi connectivity index (χ0) is 11.6. The molecule has 0 fully saturated rings. The third kappa shape index (κ3) is 2.14. The van der Waals surface area contributed by atoms with Crippen LogP contribution in [-0.2, 0) is 9.73 Å². The molecule has 0 amide bonds. The SMILES string of the molecule is CS(=N)(=O)c1ccccc1-c1ccccc1. The molecule has 0 aliphatic rings. The van der Waals surface area contributed by atoms with Crippen LogP contribution in [0.2, 0.25) is 0 Å². The van der Waals surface area contributed by atoms with Gasteiger partial charge in [-0.05, 0) is 17.2 Å². The highest BCUT2D eigenvalue weighted by molar-refractivity contribution is 7.91. The van der Waals surface area contributed by atoms with Gasteiger partial charge in [-0.15, -0.1) is 0 Å². The fourth-order valence-corrected chi connectivity index (χ4v) is 2.61. The number of hydrogen-bond acceptors (Lipinski definition) is 2. The van der Waals surface area contributed by atoms with Crippen molar-refractivity contribution >= 4 is 9.73 Å². The first kappa shape index (κ1) is 10.9. The van der Waals surface area contributed by atoms with Crippen molar-refractivity contribution in [3.63, 3.8) is 0 Å². The Morgan fingerprint density at radius 1 is 0.938 bits per heavy atom. The largest absolute Gasteiger partial charge is 0.249 e. The minimum atomic E-state index is -2.68. The lowest BCUT2D eigenvalue weighted by Gasteiger charge is -2.09. The summed E-state index contributed by atoms with van der Waals surface area (Å²) in [6.45, 7) is 0. The van der Waals surface area contributed by atoms with Crippen LogP contribution in [0.3, 0.4) is 0 Å². The molecule has 0 bridgehead atoms. The van der Waals surface area contributed by atoms with Gasteiger partial charge in [0, 0.05) is 6.26 Å². The van der Waals surface area contributed by atoms with Crippen LogP contribution in [0, 0.1) is 4.78 Å². The van der Waals surface area contributed by atoms with Crippen molar-refractivity contribution in [2.45, 2.75) is 4.90 Å². The highest BCUT2D eigenvalue weighted by Crippen LogP contribution is 2.26. The fourth-order valence-electron chi connectivity index (χ4n) is 1.66. The molecule has 0 heterocycles. The van der Waals surface area contributed by atoms with Crippen LogP contribution in [0.5, 0.6) is 0 Å². The first-order valence-electron chi connectivity index (χ1n) is 4.97. The van der Waals surface area contributed by atoms with E-state index in [4.69, 9.17) is 4.78 Å². The van der Waals surface area contributed by atoms with Crippen LogP contribution in [0.15, 0.2) is 59.5 Å². The maximum absolute atomic E-state index is 11.8. The lowest BCUT2D eigenvalue weighted by Crippen LogP contribution is -1.97. The molecule has 3 heteroatoms. The van der Waals surface area contributed by atoms with Gasteiger partial charge in [-0.3, -0.25) is 0 Å². The second-order valence-electron chi connectivity index (χ2n) is 3.71. The third-order valence-electron chi connectivity index (χ3n) is 2.39. The topological polar surface area (TPSA) is 40.9 Å². The molecule has 1 N–H and O–H groups in total. The van der Waals surface area contributed by atoms with E-state index in [9.17, 15) is 4.21 Å². The minimum absolute atomic E-state index is 0.598. The average Bonchev–Trinajstić information content (AvgIpc) is 2.29. The first-order chi connectivity index (χ1) is 7.59. The van der Waals surface area contributed by atoms with Gasteiger partial charge in [0.25, 0.3) is 0 Å². The normalized spacial score (nSPS) is 14.3. The Hall–Kier alpha value is -1.61.